The summed E-state index contributed by atoms with van der Waals surface area (Å²) < 4.78 is 5.62. The molecule has 2 rings (SSSR count). The molecule has 1 aromatic rings. The molecule has 2 N–H and O–H groups in total. The Morgan fingerprint density at radius 3 is 3.11 bits per heavy atom. The Labute approximate surface area is 117 Å². The summed E-state index contributed by atoms with van der Waals surface area (Å²) in [4.78, 5) is 13.4. The lowest BCUT2D eigenvalue weighted by Gasteiger charge is -2.30. The Morgan fingerprint density at radius 1 is 1.63 bits per heavy atom. The van der Waals surface area contributed by atoms with E-state index in [0.717, 1.165) is 13.1 Å². The number of carboxylic acids is 1. The van der Waals surface area contributed by atoms with E-state index in [4.69, 9.17) is 21.4 Å². The van der Waals surface area contributed by atoms with Crippen LogP contribution in [0.5, 0.6) is 0 Å². The monoisotopic (exact) mass is 284 g/mol. The maximum absolute atomic E-state index is 11.2. The van der Waals surface area contributed by atoms with E-state index in [1.165, 1.54) is 0 Å². The number of carbonyl (C=O) groups is 1. The summed E-state index contributed by atoms with van der Waals surface area (Å²) in [7, 11) is 2.04. The zero-order valence-electron chi connectivity index (χ0n) is 10.7. The molecule has 0 radical (unpaired) electrons. The number of likely N-dealkylation sites (N-methyl/N-ethyl adjacent to an activating group) is 1. The minimum Gasteiger partial charge on any atom is -0.478 e. The molecule has 0 bridgehead atoms. The van der Waals surface area contributed by atoms with Crippen LogP contribution in [-0.4, -0.2) is 55.4 Å². The third-order valence-corrected chi connectivity index (χ3v) is 3.40. The fraction of sp³-hybridized carbons (Fsp3) is 0.462. The van der Waals surface area contributed by atoms with Crippen molar-refractivity contribution in [2.45, 2.75) is 6.10 Å². The molecule has 1 aliphatic rings. The molecule has 0 aliphatic carbocycles. The first-order valence-electron chi connectivity index (χ1n) is 6.13. The molecule has 1 unspecified atom stereocenters. The van der Waals surface area contributed by atoms with Gasteiger partial charge in [0.05, 0.1) is 23.4 Å². The molecule has 1 fully saturated rings. The summed E-state index contributed by atoms with van der Waals surface area (Å²) in [5.74, 6) is -1.03. The zero-order chi connectivity index (χ0) is 13.8. The van der Waals surface area contributed by atoms with Gasteiger partial charge >= 0.3 is 5.97 Å². The molecule has 0 spiro atoms. The van der Waals surface area contributed by atoms with Gasteiger partial charge in [0.15, 0.2) is 0 Å². The second-order valence-corrected chi connectivity index (χ2v) is 5.01. The average Bonchev–Trinajstić information content (AvgIpc) is 2.36. The van der Waals surface area contributed by atoms with Crippen LogP contribution < -0.4 is 5.32 Å². The Hall–Kier alpha value is -1.30. The average molecular weight is 285 g/mol. The third kappa shape index (κ3) is 3.59. The number of aromatic carboxylic acids is 1. The van der Waals surface area contributed by atoms with Crippen LogP contribution in [0.15, 0.2) is 18.2 Å². The lowest BCUT2D eigenvalue weighted by atomic mass is 10.1. The van der Waals surface area contributed by atoms with Crippen molar-refractivity contribution in [2.24, 2.45) is 0 Å². The number of halogens is 1. The number of benzene rings is 1. The number of hydrogen-bond donors (Lipinski definition) is 2. The number of nitrogens with one attached hydrogen (secondary N) is 1. The maximum Gasteiger partial charge on any atom is 0.339 e. The van der Waals surface area contributed by atoms with Gasteiger partial charge in [0.2, 0.25) is 0 Å². The van der Waals surface area contributed by atoms with Crippen molar-refractivity contribution in [2.75, 3.05) is 38.6 Å². The van der Waals surface area contributed by atoms with E-state index in [9.17, 15) is 4.79 Å². The molecule has 19 heavy (non-hydrogen) atoms. The van der Waals surface area contributed by atoms with E-state index in [1.54, 1.807) is 18.2 Å². The molecule has 6 heteroatoms. The maximum atomic E-state index is 11.2. The van der Waals surface area contributed by atoms with Gasteiger partial charge in [-0.15, -0.1) is 0 Å². The van der Waals surface area contributed by atoms with Crippen LogP contribution in [0.1, 0.15) is 10.4 Å². The van der Waals surface area contributed by atoms with Crippen molar-refractivity contribution in [3.05, 3.63) is 28.8 Å². The lowest BCUT2D eigenvalue weighted by molar-refractivity contribution is -0.0117. The summed E-state index contributed by atoms with van der Waals surface area (Å²) >= 11 is 5.91. The van der Waals surface area contributed by atoms with Crippen molar-refractivity contribution in [3.8, 4) is 0 Å². The van der Waals surface area contributed by atoms with E-state index in [2.05, 4.69) is 10.2 Å². The van der Waals surface area contributed by atoms with Crippen molar-refractivity contribution in [1.29, 1.82) is 0 Å². The van der Waals surface area contributed by atoms with E-state index in [0.29, 0.717) is 18.8 Å². The zero-order valence-corrected chi connectivity index (χ0v) is 11.5. The molecule has 1 atom stereocenters. The third-order valence-electron chi connectivity index (χ3n) is 3.09. The fourth-order valence-corrected chi connectivity index (χ4v) is 2.36. The minimum absolute atomic E-state index is 0.0550. The standard InChI is InChI=1S/C13H17ClN2O3/c1-16-5-6-19-9(8-16)7-15-11-4-2-3-10(14)12(11)13(17)18/h2-4,9,15H,5-8H2,1H3,(H,17,18). The van der Waals surface area contributed by atoms with Crippen molar-refractivity contribution in [3.63, 3.8) is 0 Å². The van der Waals surface area contributed by atoms with E-state index in [1.807, 2.05) is 7.05 Å². The molecule has 0 aromatic heterocycles. The van der Waals surface area contributed by atoms with Crippen LogP contribution in [-0.2, 0) is 4.74 Å². The van der Waals surface area contributed by atoms with E-state index >= 15 is 0 Å². The van der Waals surface area contributed by atoms with Gasteiger partial charge in [-0.05, 0) is 19.2 Å². The number of rotatable bonds is 4. The Bertz CT molecular complexity index is 467. The second-order valence-electron chi connectivity index (χ2n) is 4.60. The van der Waals surface area contributed by atoms with Gasteiger partial charge in [0.1, 0.15) is 5.56 Å². The number of ether oxygens (including phenoxy) is 1. The van der Waals surface area contributed by atoms with E-state index in [-0.39, 0.29) is 16.7 Å². The highest BCUT2D eigenvalue weighted by Gasteiger charge is 2.19. The molecular weight excluding hydrogens is 268 g/mol. The second kappa shape index (κ2) is 6.23. The first kappa shape index (κ1) is 14.1. The lowest BCUT2D eigenvalue weighted by Crippen LogP contribution is -2.43. The highest BCUT2D eigenvalue weighted by molar-refractivity contribution is 6.34. The smallest absolute Gasteiger partial charge is 0.339 e. The summed E-state index contributed by atoms with van der Waals surface area (Å²) in [5.41, 5.74) is 0.630. The molecule has 1 aliphatic heterocycles. The normalized spacial score (nSPS) is 20.2. The Kier molecular flexibility index (Phi) is 4.63. The largest absolute Gasteiger partial charge is 0.478 e. The molecule has 5 nitrogen and oxygen atoms in total. The van der Waals surface area contributed by atoms with Crippen LogP contribution >= 0.6 is 11.6 Å². The van der Waals surface area contributed by atoms with E-state index < -0.39 is 5.97 Å². The van der Waals surface area contributed by atoms with Crippen LogP contribution in [0.3, 0.4) is 0 Å². The first-order valence-corrected chi connectivity index (χ1v) is 6.51. The van der Waals surface area contributed by atoms with Gasteiger partial charge in [-0.2, -0.15) is 0 Å². The van der Waals surface area contributed by atoms with Gasteiger partial charge in [0.25, 0.3) is 0 Å². The van der Waals surface area contributed by atoms with Gasteiger partial charge in [-0.25, -0.2) is 4.79 Å². The fourth-order valence-electron chi connectivity index (χ4n) is 2.10. The van der Waals surface area contributed by atoms with Crippen molar-refractivity contribution >= 4 is 23.3 Å². The molecule has 1 aromatic carbocycles. The number of morpholine rings is 1. The summed E-state index contributed by atoms with van der Waals surface area (Å²) in [6.45, 7) is 3.01. The number of anilines is 1. The molecule has 104 valence electrons. The highest BCUT2D eigenvalue weighted by Crippen LogP contribution is 2.24. The van der Waals surface area contributed by atoms with Gasteiger partial charge in [0, 0.05) is 19.6 Å². The number of nitrogens with zero attached hydrogens (tertiary/aromatic N) is 1. The summed E-state index contributed by atoms with van der Waals surface area (Å²) in [6, 6.07) is 5.01. The molecule has 1 saturated heterocycles. The van der Waals surface area contributed by atoms with Crippen molar-refractivity contribution < 1.29 is 14.6 Å². The predicted molar refractivity (Wildman–Crippen MR) is 74.1 cm³/mol. The van der Waals surface area contributed by atoms with Gasteiger partial charge < -0.3 is 20.1 Å². The summed E-state index contributed by atoms with van der Waals surface area (Å²) in [5, 5.41) is 12.5. The highest BCUT2D eigenvalue weighted by atomic mass is 35.5. The van der Waals surface area contributed by atoms with Crippen LogP contribution in [0.2, 0.25) is 5.02 Å². The van der Waals surface area contributed by atoms with Gasteiger partial charge in [-0.3, -0.25) is 0 Å². The van der Waals surface area contributed by atoms with Crippen LogP contribution in [0.25, 0.3) is 0 Å². The molecular formula is C13H17ClN2O3. The molecule has 1 heterocycles. The number of hydrogen-bond acceptors (Lipinski definition) is 4. The number of carboxylic acid groups (broad SMARTS) is 1. The minimum atomic E-state index is -1.03. The molecule has 0 saturated carbocycles. The van der Waals surface area contributed by atoms with Gasteiger partial charge in [-0.1, -0.05) is 17.7 Å². The summed E-state index contributed by atoms with van der Waals surface area (Å²) in [6.07, 6.45) is 0.0550. The van der Waals surface area contributed by atoms with Crippen LogP contribution in [0.4, 0.5) is 5.69 Å². The van der Waals surface area contributed by atoms with Crippen molar-refractivity contribution in [1.82, 2.24) is 4.90 Å². The predicted octanol–water partition coefficient (Wildman–Crippen LogP) is 1.78. The molecule has 0 amide bonds. The SMILES string of the molecule is CN1CCOC(CNc2cccc(Cl)c2C(=O)O)C1. The first-order chi connectivity index (χ1) is 9.08. The Morgan fingerprint density at radius 2 is 2.42 bits per heavy atom. The Balaban J connectivity index is 2.03. The quantitative estimate of drug-likeness (QED) is 0.882. The topological polar surface area (TPSA) is 61.8 Å². The van der Waals surface area contributed by atoms with Crippen LogP contribution in [0, 0.1) is 0 Å².